The monoisotopic (exact) mass is 550 g/mol. The summed E-state index contributed by atoms with van der Waals surface area (Å²) >= 11 is 1.51. The molecule has 0 bridgehead atoms. The van der Waals surface area contributed by atoms with E-state index in [0.717, 1.165) is 41.6 Å². The number of amides is 1. The van der Waals surface area contributed by atoms with E-state index in [0.29, 0.717) is 36.2 Å². The highest BCUT2D eigenvalue weighted by Crippen LogP contribution is 2.31. The zero-order valence-corrected chi connectivity index (χ0v) is 23.8. The number of hydrogen-bond donors (Lipinski definition) is 0. The second-order valence-electron chi connectivity index (χ2n) is 9.72. The van der Waals surface area contributed by atoms with Crippen molar-refractivity contribution in [3.05, 3.63) is 53.6 Å². The highest BCUT2D eigenvalue weighted by molar-refractivity contribution is 7.89. The summed E-state index contributed by atoms with van der Waals surface area (Å²) in [6.45, 7) is 6.58. The summed E-state index contributed by atoms with van der Waals surface area (Å²) in [4.78, 5) is 22.4. The molecule has 1 atom stereocenters. The third kappa shape index (κ3) is 6.44. The Morgan fingerprint density at radius 3 is 2.53 bits per heavy atom. The molecule has 0 spiro atoms. The van der Waals surface area contributed by atoms with Gasteiger partial charge >= 0.3 is 0 Å². The molecular weight excluding hydrogens is 516 g/mol. The van der Waals surface area contributed by atoms with Gasteiger partial charge in [-0.05, 0) is 94.7 Å². The molecule has 196 valence electrons. The topological polar surface area (TPSA) is 73.8 Å². The van der Waals surface area contributed by atoms with Crippen molar-refractivity contribution in [1.82, 2.24) is 14.2 Å². The van der Waals surface area contributed by atoms with Crippen molar-refractivity contribution in [3.8, 4) is 0 Å². The molecule has 1 aromatic heterocycles. The van der Waals surface area contributed by atoms with Crippen molar-refractivity contribution in [3.63, 3.8) is 0 Å². The SMILES string of the molecule is Cc1ccc2nc(N(CCCN(C)C)C(=O)c3ccc(S(=O)(=O)N4CCCC(C)C4)cc3)sc2c1.Cl. The highest BCUT2D eigenvalue weighted by Gasteiger charge is 2.29. The van der Waals surface area contributed by atoms with E-state index in [2.05, 4.69) is 17.9 Å². The Bertz CT molecular complexity index is 1290. The first-order valence-corrected chi connectivity index (χ1v) is 14.3. The molecule has 0 aliphatic carbocycles. The van der Waals surface area contributed by atoms with Gasteiger partial charge in [-0.3, -0.25) is 9.69 Å². The fraction of sp³-hybridized carbons (Fsp3) is 0.462. The van der Waals surface area contributed by atoms with Crippen molar-refractivity contribution in [2.24, 2.45) is 5.92 Å². The Morgan fingerprint density at radius 1 is 1.14 bits per heavy atom. The molecular formula is C26H35ClN4O3S2. The van der Waals surface area contributed by atoms with Crippen molar-refractivity contribution in [1.29, 1.82) is 0 Å². The van der Waals surface area contributed by atoms with Gasteiger partial charge < -0.3 is 4.90 Å². The summed E-state index contributed by atoms with van der Waals surface area (Å²) in [5, 5.41) is 0.661. The van der Waals surface area contributed by atoms with Gasteiger partial charge in [0, 0.05) is 25.2 Å². The average Bonchev–Trinajstić information content (AvgIpc) is 3.24. The smallest absolute Gasteiger partial charge is 0.260 e. The zero-order valence-electron chi connectivity index (χ0n) is 21.3. The molecule has 0 N–H and O–H groups in total. The summed E-state index contributed by atoms with van der Waals surface area (Å²) in [5.41, 5.74) is 2.48. The van der Waals surface area contributed by atoms with E-state index in [4.69, 9.17) is 4.98 Å². The van der Waals surface area contributed by atoms with Crippen LogP contribution in [0.5, 0.6) is 0 Å². The van der Waals surface area contributed by atoms with Crippen LogP contribution in [-0.4, -0.2) is 68.8 Å². The molecule has 1 amide bonds. The summed E-state index contributed by atoms with van der Waals surface area (Å²) in [7, 11) is 0.455. The number of halogens is 1. The molecule has 3 aromatic rings. The molecule has 0 saturated carbocycles. The normalized spacial score (nSPS) is 16.8. The first kappa shape index (κ1) is 28.5. The Kier molecular flexibility index (Phi) is 9.51. The van der Waals surface area contributed by atoms with Crippen LogP contribution in [0.25, 0.3) is 10.2 Å². The Hall–Kier alpha value is -2.04. The molecule has 7 nitrogen and oxygen atoms in total. The average molecular weight is 551 g/mol. The Balaban J connectivity index is 0.00000361. The van der Waals surface area contributed by atoms with E-state index in [-0.39, 0.29) is 23.2 Å². The number of piperidine rings is 1. The number of aryl methyl sites for hydroxylation is 1. The van der Waals surface area contributed by atoms with Crippen molar-refractivity contribution >= 4 is 55.0 Å². The molecule has 10 heteroatoms. The van der Waals surface area contributed by atoms with E-state index in [1.54, 1.807) is 33.5 Å². The highest BCUT2D eigenvalue weighted by atomic mass is 35.5. The second kappa shape index (κ2) is 12.0. The minimum atomic E-state index is -3.56. The number of benzene rings is 2. The van der Waals surface area contributed by atoms with Gasteiger partial charge in [0.2, 0.25) is 10.0 Å². The van der Waals surface area contributed by atoms with Gasteiger partial charge in [-0.15, -0.1) is 12.4 Å². The Labute approximate surface area is 224 Å². The molecule has 1 saturated heterocycles. The van der Waals surface area contributed by atoms with Crippen molar-refractivity contribution < 1.29 is 13.2 Å². The van der Waals surface area contributed by atoms with Gasteiger partial charge in [0.1, 0.15) is 0 Å². The largest absolute Gasteiger partial charge is 0.309 e. The number of thiazole rings is 1. The number of sulfonamides is 1. The Morgan fingerprint density at radius 2 is 1.86 bits per heavy atom. The maximum atomic E-state index is 13.6. The number of aromatic nitrogens is 1. The van der Waals surface area contributed by atoms with E-state index < -0.39 is 10.0 Å². The predicted molar refractivity (Wildman–Crippen MR) is 150 cm³/mol. The molecule has 1 aliphatic heterocycles. The predicted octanol–water partition coefficient (Wildman–Crippen LogP) is 5.05. The number of nitrogens with zero attached hydrogens (tertiary/aromatic N) is 4. The van der Waals surface area contributed by atoms with Gasteiger partial charge in [0.15, 0.2) is 5.13 Å². The number of rotatable bonds is 8. The van der Waals surface area contributed by atoms with Crippen LogP contribution in [0.3, 0.4) is 0 Å². The van der Waals surface area contributed by atoms with Gasteiger partial charge in [-0.2, -0.15) is 4.31 Å². The molecule has 4 rings (SSSR count). The van der Waals surface area contributed by atoms with Crippen LogP contribution in [0.15, 0.2) is 47.4 Å². The van der Waals surface area contributed by atoms with E-state index in [9.17, 15) is 13.2 Å². The van der Waals surface area contributed by atoms with Crippen LogP contribution in [0.2, 0.25) is 0 Å². The van der Waals surface area contributed by atoms with E-state index >= 15 is 0 Å². The van der Waals surface area contributed by atoms with Crippen LogP contribution >= 0.6 is 23.7 Å². The van der Waals surface area contributed by atoms with Crippen molar-refractivity contribution in [2.45, 2.75) is 38.0 Å². The van der Waals surface area contributed by atoms with Crippen molar-refractivity contribution in [2.75, 3.05) is 45.2 Å². The first-order chi connectivity index (χ1) is 16.6. The lowest BCUT2D eigenvalue weighted by Gasteiger charge is -2.30. The minimum Gasteiger partial charge on any atom is -0.309 e. The van der Waals surface area contributed by atoms with Crippen LogP contribution in [0, 0.1) is 12.8 Å². The van der Waals surface area contributed by atoms with Crippen LogP contribution < -0.4 is 4.90 Å². The summed E-state index contributed by atoms with van der Waals surface area (Å²) in [5.74, 6) is 0.183. The van der Waals surface area contributed by atoms with Crippen LogP contribution in [0.4, 0.5) is 5.13 Å². The number of fused-ring (bicyclic) bond motifs is 1. The lowest BCUT2D eigenvalue weighted by atomic mass is 10.0. The van der Waals surface area contributed by atoms with E-state index in [1.807, 2.05) is 33.2 Å². The third-order valence-corrected chi connectivity index (χ3v) is 9.28. The molecule has 1 unspecified atom stereocenters. The summed E-state index contributed by atoms with van der Waals surface area (Å²) in [6.07, 6.45) is 2.72. The summed E-state index contributed by atoms with van der Waals surface area (Å²) in [6, 6.07) is 12.4. The first-order valence-electron chi connectivity index (χ1n) is 12.1. The quantitative estimate of drug-likeness (QED) is 0.392. The van der Waals surface area contributed by atoms with Gasteiger partial charge in [-0.1, -0.05) is 24.3 Å². The number of carbonyl (C=O) groups is 1. The molecule has 2 aromatic carbocycles. The van der Waals surface area contributed by atoms with Gasteiger partial charge in [-0.25, -0.2) is 13.4 Å². The fourth-order valence-corrected chi connectivity index (χ4v) is 7.09. The minimum absolute atomic E-state index is 0. The summed E-state index contributed by atoms with van der Waals surface area (Å²) < 4.78 is 28.8. The maximum Gasteiger partial charge on any atom is 0.260 e. The second-order valence-corrected chi connectivity index (χ2v) is 12.7. The molecule has 1 aliphatic rings. The van der Waals surface area contributed by atoms with Crippen LogP contribution in [-0.2, 0) is 10.0 Å². The molecule has 36 heavy (non-hydrogen) atoms. The number of anilines is 1. The molecule has 1 fully saturated rings. The maximum absolute atomic E-state index is 13.6. The number of carbonyl (C=O) groups excluding carboxylic acids is 1. The number of hydrogen-bond acceptors (Lipinski definition) is 6. The molecule has 0 radical (unpaired) electrons. The lowest BCUT2D eigenvalue weighted by Crippen LogP contribution is -2.39. The standard InChI is InChI=1S/C26H34N4O3S2.ClH/c1-19-8-13-23-24(17-19)34-26(27-23)30(16-6-14-28(3)4)25(31)21-9-11-22(12-10-21)35(32,33)29-15-5-7-20(2)18-29;/h8-13,17,20H,5-7,14-16,18H2,1-4H3;1H. The third-order valence-electron chi connectivity index (χ3n) is 6.35. The van der Waals surface area contributed by atoms with Gasteiger partial charge in [0.25, 0.3) is 5.91 Å². The lowest BCUT2D eigenvalue weighted by molar-refractivity contribution is 0.0986. The molecule has 2 heterocycles. The zero-order chi connectivity index (χ0) is 25.2. The van der Waals surface area contributed by atoms with Crippen LogP contribution in [0.1, 0.15) is 42.1 Å². The van der Waals surface area contributed by atoms with Gasteiger partial charge in [0.05, 0.1) is 15.1 Å². The van der Waals surface area contributed by atoms with E-state index in [1.165, 1.54) is 11.3 Å². The fourth-order valence-electron chi connectivity index (χ4n) is 4.40.